The van der Waals surface area contributed by atoms with Crippen molar-refractivity contribution in [2.45, 2.75) is 24.5 Å². The van der Waals surface area contributed by atoms with Gasteiger partial charge in [0.2, 0.25) is 5.12 Å². The van der Waals surface area contributed by atoms with Gasteiger partial charge >= 0.3 is 0 Å². The fraction of sp³-hybridized carbons (Fsp3) is 0.190. The number of anilines is 1. The van der Waals surface area contributed by atoms with Gasteiger partial charge in [-0.2, -0.15) is 11.3 Å². The highest BCUT2D eigenvalue weighted by molar-refractivity contribution is 8.03. The van der Waals surface area contributed by atoms with Gasteiger partial charge in [-0.15, -0.1) is 0 Å². The molecule has 2 aromatic heterocycles. The van der Waals surface area contributed by atoms with Crippen LogP contribution >= 0.6 is 23.1 Å². The number of carbonyl (C=O) groups is 2. The summed E-state index contributed by atoms with van der Waals surface area (Å²) in [6, 6.07) is 5.28. The van der Waals surface area contributed by atoms with Crippen molar-refractivity contribution in [2.24, 2.45) is 5.73 Å². The molecule has 4 rings (SSSR count). The molecular weight excluding hydrogens is 438 g/mol. The molecule has 0 fully saturated rings. The lowest BCUT2D eigenvalue weighted by Crippen LogP contribution is -2.40. The van der Waals surface area contributed by atoms with Gasteiger partial charge in [0, 0.05) is 10.8 Å². The molecule has 0 radical (unpaired) electrons. The van der Waals surface area contributed by atoms with E-state index in [2.05, 4.69) is 5.32 Å². The molecule has 0 aliphatic carbocycles. The number of pyridine rings is 1. The number of primary amides is 1. The third-order valence-corrected chi connectivity index (χ3v) is 6.67. The molecular formula is C21H19N3O5S2. The molecule has 1 aromatic carbocycles. The maximum Gasteiger partial charge on any atom is 0.264 e. The van der Waals surface area contributed by atoms with Gasteiger partial charge in [-0.05, 0) is 41.0 Å². The van der Waals surface area contributed by atoms with Gasteiger partial charge in [-0.25, -0.2) is 0 Å². The first-order valence-corrected chi connectivity index (χ1v) is 11.2. The van der Waals surface area contributed by atoms with Gasteiger partial charge in [0.25, 0.3) is 17.4 Å². The van der Waals surface area contributed by atoms with Crippen molar-refractivity contribution in [1.82, 2.24) is 4.57 Å². The average Bonchev–Trinajstić information content (AvgIpc) is 3.35. The van der Waals surface area contributed by atoms with E-state index in [-0.39, 0.29) is 16.6 Å². The summed E-state index contributed by atoms with van der Waals surface area (Å²) in [4.78, 5) is 38.5. The molecule has 0 saturated heterocycles. The fourth-order valence-electron chi connectivity index (χ4n) is 3.66. The van der Waals surface area contributed by atoms with Crippen molar-refractivity contribution in [1.29, 1.82) is 0 Å². The number of thiophene rings is 1. The molecule has 160 valence electrons. The van der Waals surface area contributed by atoms with Crippen LogP contribution in [0.15, 0.2) is 51.3 Å². The zero-order chi connectivity index (χ0) is 22.3. The summed E-state index contributed by atoms with van der Waals surface area (Å²) >= 11 is 2.14. The Balaban J connectivity index is 2.08. The van der Waals surface area contributed by atoms with Gasteiger partial charge in [0.05, 0.1) is 16.8 Å². The Kier molecular flexibility index (Phi) is 5.48. The van der Waals surface area contributed by atoms with E-state index in [4.69, 9.17) is 5.73 Å². The Hall–Kier alpha value is -2.92. The third-order valence-electron chi connectivity index (χ3n) is 5.10. The minimum Gasteiger partial charge on any atom is -0.365 e. The number of amides is 2. The fourth-order valence-corrected chi connectivity index (χ4v) is 4.99. The molecule has 0 bridgehead atoms. The number of hydrogen-bond acceptors (Lipinski definition) is 7. The Morgan fingerprint density at radius 1 is 1.29 bits per heavy atom. The van der Waals surface area contributed by atoms with Crippen molar-refractivity contribution in [2.75, 3.05) is 5.32 Å². The molecule has 2 amide bonds. The first-order valence-electron chi connectivity index (χ1n) is 9.38. The second-order valence-electron chi connectivity index (χ2n) is 7.00. The van der Waals surface area contributed by atoms with Crippen molar-refractivity contribution >= 4 is 51.5 Å². The topological polar surface area (TPSA) is 135 Å². The number of hydrogen-bond donors (Lipinski definition) is 4. The molecule has 3 aromatic rings. The molecule has 1 unspecified atom stereocenters. The number of aliphatic hydroxyl groups is 2. The van der Waals surface area contributed by atoms with Crippen LogP contribution in [0.1, 0.15) is 39.2 Å². The van der Waals surface area contributed by atoms with E-state index in [0.717, 1.165) is 16.3 Å². The molecule has 5 N–H and O–H groups in total. The molecule has 1 atom stereocenters. The number of nitrogens with two attached hydrogens (primary N) is 1. The SMILES string of the molecule is CCc1ccc2cc(C(N)=O)c(=O)n(C3C=CSC3(O)O)c2c1C(=O)Nc1ccsc1. The Morgan fingerprint density at radius 2 is 2.06 bits per heavy atom. The molecule has 1 aliphatic heterocycles. The van der Waals surface area contributed by atoms with Crippen LogP contribution in [-0.2, 0) is 6.42 Å². The van der Waals surface area contributed by atoms with Crippen molar-refractivity contribution < 1.29 is 19.8 Å². The number of rotatable bonds is 5. The van der Waals surface area contributed by atoms with Crippen LogP contribution < -0.4 is 16.6 Å². The summed E-state index contributed by atoms with van der Waals surface area (Å²) in [6.45, 7) is 1.87. The van der Waals surface area contributed by atoms with E-state index in [1.165, 1.54) is 28.9 Å². The van der Waals surface area contributed by atoms with Crippen LogP contribution in [0.25, 0.3) is 10.9 Å². The molecule has 8 nitrogen and oxygen atoms in total. The molecule has 0 saturated carbocycles. The zero-order valence-corrected chi connectivity index (χ0v) is 18.0. The number of thioether (sulfide) groups is 1. The number of carbonyl (C=O) groups excluding carboxylic acids is 2. The highest BCUT2D eigenvalue weighted by atomic mass is 32.2. The van der Waals surface area contributed by atoms with Crippen molar-refractivity contribution in [3.63, 3.8) is 0 Å². The van der Waals surface area contributed by atoms with Crippen molar-refractivity contribution in [3.8, 4) is 0 Å². The van der Waals surface area contributed by atoms with E-state index in [0.29, 0.717) is 23.1 Å². The predicted octanol–water partition coefficient (Wildman–Crippen LogP) is 2.42. The maximum atomic E-state index is 13.3. The average molecular weight is 458 g/mol. The lowest BCUT2D eigenvalue weighted by Gasteiger charge is -2.27. The quantitative estimate of drug-likeness (QED) is 0.435. The lowest BCUT2D eigenvalue weighted by molar-refractivity contribution is -0.0978. The first kappa shape index (κ1) is 21.3. The highest BCUT2D eigenvalue weighted by Crippen LogP contribution is 2.41. The summed E-state index contributed by atoms with van der Waals surface area (Å²) in [7, 11) is 0. The summed E-state index contributed by atoms with van der Waals surface area (Å²) in [5, 5.41) is 26.9. The molecule has 3 heterocycles. The number of benzene rings is 1. The number of fused-ring (bicyclic) bond motifs is 1. The van der Waals surface area contributed by atoms with E-state index < -0.39 is 28.5 Å². The first-order chi connectivity index (χ1) is 14.7. The number of nitrogens with zero attached hydrogens (tertiary/aromatic N) is 1. The summed E-state index contributed by atoms with van der Waals surface area (Å²) in [5.74, 6) is -1.39. The Morgan fingerprint density at radius 3 is 2.65 bits per heavy atom. The normalized spacial score (nSPS) is 17.2. The Bertz CT molecular complexity index is 1280. The molecule has 0 spiro atoms. The smallest absolute Gasteiger partial charge is 0.264 e. The standard InChI is InChI=1S/C21H19N3O5S2/c1-2-11-3-4-12-9-14(18(22)25)20(27)24(15-6-8-31-21(15,28)29)17(12)16(11)19(26)23-13-5-7-30-10-13/h3-10,15,28-29H,2H2,1H3,(H2,22,25)(H,23,26). The minimum atomic E-state index is -2.34. The molecule has 1 aliphatic rings. The Labute approximate surface area is 185 Å². The largest absolute Gasteiger partial charge is 0.365 e. The van der Waals surface area contributed by atoms with Crippen molar-refractivity contribution in [3.05, 3.63) is 73.6 Å². The second kappa shape index (κ2) is 7.97. The highest BCUT2D eigenvalue weighted by Gasteiger charge is 2.40. The number of aryl methyl sites for hydroxylation is 1. The third kappa shape index (κ3) is 3.68. The number of nitrogens with one attached hydrogen (secondary N) is 1. The second-order valence-corrected chi connectivity index (χ2v) is 8.89. The maximum absolute atomic E-state index is 13.3. The van der Waals surface area contributed by atoms with E-state index >= 15 is 0 Å². The van der Waals surface area contributed by atoms with Crippen LogP contribution in [0.5, 0.6) is 0 Å². The van der Waals surface area contributed by atoms with Crippen LogP contribution in [0.2, 0.25) is 0 Å². The monoisotopic (exact) mass is 457 g/mol. The van der Waals surface area contributed by atoms with Crippen LogP contribution in [0.3, 0.4) is 0 Å². The van der Waals surface area contributed by atoms with Gasteiger partial charge in [0.1, 0.15) is 11.6 Å². The zero-order valence-electron chi connectivity index (χ0n) is 16.4. The summed E-state index contributed by atoms with van der Waals surface area (Å²) in [6.07, 6.45) is 1.93. The van der Waals surface area contributed by atoms with Crippen LogP contribution in [0, 0.1) is 0 Å². The van der Waals surface area contributed by atoms with Gasteiger partial charge < -0.3 is 21.3 Å². The summed E-state index contributed by atoms with van der Waals surface area (Å²) < 4.78 is 1.08. The van der Waals surface area contributed by atoms with Gasteiger partial charge in [-0.1, -0.05) is 30.8 Å². The number of aromatic nitrogens is 1. The van der Waals surface area contributed by atoms with E-state index in [1.807, 2.05) is 12.3 Å². The molecule has 10 heteroatoms. The van der Waals surface area contributed by atoms with E-state index in [1.54, 1.807) is 23.6 Å². The summed E-state index contributed by atoms with van der Waals surface area (Å²) in [5.41, 5.74) is 5.99. The van der Waals surface area contributed by atoms with Crippen LogP contribution in [0.4, 0.5) is 5.69 Å². The van der Waals surface area contributed by atoms with E-state index in [9.17, 15) is 24.6 Å². The minimum absolute atomic E-state index is 0.201. The predicted molar refractivity (Wildman–Crippen MR) is 121 cm³/mol. The molecule has 31 heavy (non-hydrogen) atoms. The van der Waals surface area contributed by atoms with Crippen LogP contribution in [-0.4, -0.2) is 31.7 Å². The van der Waals surface area contributed by atoms with Gasteiger partial charge in [-0.3, -0.25) is 19.0 Å². The van der Waals surface area contributed by atoms with Gasteiger partial charge in [0.15, 0.2) is 0 Å². The lowest BCUT2D eigenvalue weighted by atomic mass is 9.98.